The summed E-state index contributed by atoms with van der Waals surface area (Å²) < 4.78 is 1.06. The molecule has 4 nitrogen and oxygen atoms in total. The molecule has 1 unspecified atom stereocenters. The molecule has 1 aromatic rings. The van der Waals surface area contributed by atoms with Crippen molar-refractivity contribution < 1.29 is 4.79 Å². The normalized spacial score (nSPS) is 18.4. The summed E-state index contributed by atoms with van der Waals surface area (Å²) in [5.41, 5.74) is 13.5. The lowest BCUT2D eigenvalue weighted by Gasteiger charge is -2.33. The van der Waals surface area contributed by atoms with E-state index in [1.807, 2.05) is 6.92 Å². The molecule has 1 saturated heterocycles. The van der Waals surface area contributed by atoms with Crippen molar-refractivity contribution in [2.24, 2.45) is 17.4 Å². The third kappa shape index (κ3) is 3.28. The van der Waals surface area contributed by atoms with Gasteiger partial charge in [-0.1, -0.05) is 6.07 Å². The Morgan fingerprint density at radius 3 is 2.53 bits per heavy atom. The largest absolute Gasteiger partial charge is 0.371 e. The van der Waals surface area contributed by atoms with Gasteiger partial charge in [-0.15, -0.1) is 0 Å². The second-order valence-corrected chi connectivity index (χ2v) is 6.02. The Bertz CT molecular complexity index is 468. The number of piperidine rings is 1. The number of carbonyl (C=O) groups excluding carboxylic acids is 1. The number of rotatable bonds is 3. The van der Waals surface area contributed by atoms with Gasteiger partial charge in [-0.25, -0.2) is 0 Å². The number of benzene rings is 1. The molecule has 104 valence electrons. The molecular weight excluding hydrogens is 306 g/mol. The van der Waals surface area contributed by atoms with E-state index in [1.54, 1.807) is 0 Å². The second kappa shape index (κ2) is 5.92. The van der Waals surface area contributed by atoms with Crippen molar-refractivity contribution in [1.29, 1.82) is 0 Å². The lowest BCUT2D eigenvalue weighted by atomic mass is 9.96. The quantitative estimate of drug-likeness (QED) is 0.894. The Morgan fingerprint density at radius 1 is 1.42 bits per heavy atom. The fourth-order valence-electron chi connectivity index (χ4n) is 2.47. The number of hydrogen-bond acceptors (Lipinski definition) is 3. The van der Waals surface area contributed by atoms with Gasteiger partial charge in [-0.2, -0.15) is 0 Å². The molecule has 0 saturated carbocycles. The van der Waals surface area contributed by atoms with Crippen molar-refractivity contribution in [2.45, 2.75) is 25.8 Å². The molecular formula is C14H20BrN3O. The zero-order valence-corrected chi connectivity index (χ0v) is 12.7. The maximum atomic E-state index is 11.2. The average Bonchev–Trinajstić information content (AvgIpc) is 2.38. The van der Waals surface area contributed by atoms with Crippen LogP contribution < -0.4 is 16.4 Å². The first kappa shape index (κ1) is 14.3. The zero-order chi connectivity index (χ0) is 14.0. The molecule has 1 amide bonds. The summed E-state index contributed by atoms with van der Waals surface area (Å²) in [6, 6.07) is 6.25. The van der Waals surface area contributed by atoms with Gasteiger partial charge in [-0.3, -0.25) is 4.79 Å². The molecule has 1 aromatic carbocycles. The highest BCUT2D eigenvalue weighted by molar-refractivity contribution is 9.10. The van der Waals surface area contributed by atoms with Crippen LogP contribution in [-0.2, 0) is 4.79 Å². The number of halogens is 1. The molecule has 0 bridgehead atoms. The number of carbonyl (C=O) groups is 1. The molecule has 2 rings (SSSR count). The fourth-order valence-corrected chi connectivity index (χ4v) is 3.12. The van der Waals surface area contributed by atoms with E-state index in [0.717, 1.165) is 41.7 Å². The Kier molecular flexibility index (Phi) is 4.47. The van der Waals surface area contributed by atoms with E-state index in [-0.39, 0.29) is 17.9 Å². The van der Waals surface area contributed by atoms with Crippen molar-refractivity contribution in [3.63, 3.8) is 0 Å². The molecule has 1 atom stereocenters. The molecule has 1 aliphatic rings. The molecule has 1 fully saturated rings. The SMILES string of the molecule is CC(N)c1ccc(N2CCC(C(N)=O)CC2)c(Br)c1. The topological polar surface area (TPSA) is 72.3 Å². The van der Waals surface area contributed by atoms with E-state index < -0.39 is 0 Å². The summed E-state index contributed by atoms with van der Waals surface area (Å²) in [5.74, 6) is -0.149. The van der Waals surface area contributed by atoms with Crippen LogP contribution in [0.5, 0.6) is 0 Å². The minimum atomic E-state index is -0.175. The lowest BCUT2D eigenvalue weighted by molar-refractivity contribution is -0.122. The summed E-state index contributed by atoms with van der Waals surface area (Å²) in [7, 11) is 0. The third-order valence-corrected chi connectivity index (χ3v) is 4.37. The summed E-state index contributed by atoms with van der Waals surface area (Å²) in [6.07, 6.45) is 1.66. The smallest absolute Gasteiger partial charge is 0.220 e. The lowest BCUT2D eigenvalue weighted by Crippen LogP contribution is -2.38. The first-order valence-electron chi connectivity index (χ1n) is 6.58. The maximum Gasteiger partial charge on any atom is 0.220 e. The van der Waals surface area contributed by atoms with Crippen molar-refractivity contribution in [2.75, 3.05) is 18.0 Å². The predicted molar refractivity (Wildman–Crippen MR) is 80.9 cm³/mol. The molecule has 1 heterocycles. The number of nitrogens with two attached hydrogens (primary N) is 2. The van der Waals surface area contributed by atoms with Crippen LogP contribution in [0.25, 0.3) is 0 Å². The molecule has 4 N–H and O–H groups in total. The predicted octanol–water partition coefficient (Wildman–Crippen LogP) is 2.17. The summed E-state index contributed by atoms with van der Waals surface area (Å²) >= 11 is 3.61. The van der Waals surface area contributed by atoms with Gasteiger partial charge < -0.3 is 16.4 Å². The highest BCUT2D eigenvalue weighted by Crippen LogP contribution is 2.31. The van der Waals surface area contributed by atoms with E-state index in [2.05, 4.69) is 39.0 Å². The number of amides is 1. The van der Waals surface area contributed by atoms with Crippen LogP contribution in [-0.4, -0.2) is 19.0 Å². The minimum absolute atomic E-state index is 0.0263. The Labute approximate surface area is 122 Å². The van der Waals surface area contributed by atoms with Crippen molar-refractivity contribution in [1.82, 2.24) is 0 Å². The summed E-state index contributed by atoms with van der Waals surface area (Å²) in [5, 5.41) is 0. The van der Waals surface area contributed by atoms with Gasteiger partial charge in [0.15, 0.2) is 0 Å². The van der Waals surface area contributed by atoms with Crippen LogP contribution in [0.15, 0.2) is 22.7 Å². The van der Waals surface area contributed by atoms with Crippen LogP contribution >= 0.6 is 15.9 Å². The summed E-state index contributed by atoms with van der Waals surface area (Å²) in [4.78, 5) is 13.5. The Morgan fingerprint density at radius 2 is 2.05 bits per heavy atom. The van der Waals surface area contributed by atoms with E-state index in [4.69, 9.17) is 11.5 Å². The molecule has 1 aliphatic heterocycles. The number of primary amides is 1. The van der Waals surface area contributed by atoms with Crippen LogP contribution in [0.3, 0.4) is 0 Å². The highest BCUT2D eigenvalue weighted by Gasteiger charge is 2.24. The number of nitrogens with zero attached hydrogens (tertiary/aromatic N) is 1. The Hall–Kier alpha value is -1.07. The van der Waals surface area contributed by atoms with Crippen molar-refractivity contribution >= 4 is 27.5 Å². The standard InChI is InChI=1S/C14H20BrN3O/c1-9(16)11-2-3-13(12(15)8-11)18-6-4-10(5-7-18)14(17)19/h2-3,8-10H,4-7,16H2,1H3,(H2,17,19). The van der Waals surface area contributed by atoms with Gasteiger partial charge in [0, 0.05) is 29.5 Å². The molecule has 0 aliphatic carbocycles. The van der Waals surface area contributed by atoms with Gasteiger partial charge in [-0.05, 0) is 53.4 Å². The number of hydrogen-bond donors (Lipinski definition) is 2. The van der Waals surface area contributed by atoms with E-state index in [9.17, 15) is 4.79 Å². The van der Waals surface area contributed by atoms with Crippen molar-refractivity contribution in [3.8, 4) is 0 Å². The molecule has 19 heavy (non-hydrogen) atoms. The third-order valence-electron chi connectivity index (χ3n) is 3.74. The molecule has 5 heteroatoms. The maximum absolute atomic E-state index is 11.2. The molecule has 0 spiro atoms. The van der Waals surface area contributed by atoms with Gasteiger partial charge >= 0.3 is 0 Å². The molecule has 0 aromatic heterocycles. The second-order valence-electron chi connectivity index (χ2n) is 5.16. The first-order chi connectivity index (χ1) is 8.99. The monoisotopic (exact) mass is 325 g/mol. The average molecular weight is 326 g/mol. The fraction of sp³-hybridized carbons (Fsp3) is 0.500. The molecule has 0 radical (unpaired) electrons. The minimum Gasteiger partial charge on any atom is -0.371 e. The van der Waals surface area contributed by atoms with E-state index in [0.29, 0.717) is 0 Å². The van der Waals surface area contributed by atoms with Gasteiger partial charge in [0.05, 0.1) is 5.69 Å². The van der Waals surface area contributed by atoms with E-state index in [1.165, 1.54) is 0 Å². The van der Waals surface area contributed by atoms with Crippen LogP contribution in [0, 0.1) is 5.92 Å². The van der Waals surface area contributed by atoms with Gasteiger partial charge in [0.25, 0.3) is 0 Å². The van der Waals surface area contributed by atoms with Gasteiger partial charge in [0.1, 0.15) is 0 Å². The van der Waals surface area contributed by atoms with Gasteiger partial charge in [0.2, 0.25) is 5.91 Å². The van der Waals surface area contributed by atoms with Crippen LogP contribution in [0.4, 0.5) is 5.69 Å². The highest BCUT2D eigenvalue weighted by atomic mass is 79.9. The van der Waals surface area contributed by atoms with Crippen molar-refractivity contribution in [3.05, 3.63) is 28.2 Å². The zero-order valence-electron chi connectivity index (χ0n) is 11.1. The van der Waals surface area contributed by atoms with Crippen LogP contribution in [0.1, 0.15) is 31.4 Å². The number of anilines is 1. The van der Waals surface area contributed by atoms with E-state index >= 15 is 0 Å². The first-order valence-corrected chi connectivity index (χ1v) is 7.37. The van der Waals surface area contributed by atoms with Crippen LogP contribution in [0.2, 0.25) is 0 Å². The summed E-state index contributed by atoms with van der Waals surface area (Å²) in [6.45, 7) is 3.70. The Balaban J connectivity index is 2.09.